The first kappa shape index (κ1) is 17.4. The number of hydrogen-bond acceptors (Lipinski definition) is 4. The number of carbonyl (C=O) groups is 1. The van der Waals surface area contributed by atoms with Crippen LogP contribution in [-0.2, 0) is 11.2 Å². The summed E-state index contributed by atoms with van der Waals surface area (Å²) in [5.41, 5.74) is 3.32. The van der Waals surface area contributed by atoms with Crippen LogP contribution in [0.25, 0.3) is 21.0 Å². The first-order chi connectivity index (χ1) is 12.8. The van der Waals surface area contributed by atoms with Gasteiger partial charge in [-0.2, -0.15) is 0 Å². The number of aromatic nitrogens is 1. The standard InChI is InChI=1S/C21H22N2OS2/c24-21-8-2-1-3-12-23(21)13-11-17-16(19-6-4-14-25-19)9-10-18(22-17)20-7-5-15-26-20/h4-7,9-10,14-15H,1-3,8,11-13H2. The van der Waals surface area contributed by atoms with E-state index in [-0.39, 0.29) is 0 Å². The molecule has 0 N–H and O–H groups in total. The van der Waals surface area contributed by atoms with Crippen LogP contribution in [0, 0.1) is 0 Å². The van der Waals surface area contributed by atoms with Crippen molar-refractivity contribution in [3.63, 3.8) is 0 Å². The number of nitrogens with zero attached hydrogens (tertiary/aromatic N) is 2. The molecule has 4 heterocycles. The zero-order chi connectivity index (χ0) is 17.8. The number of hydrogen-bond donors (Lipinski definition) is 0. The van der Waals surface area contributed by atoms with E-state index in [2.05, 4.69) is 47.2 Å². The van der Waals surface area contributed by atoms with Crippen LogP contribution in [0.4, 0.5) is 0 Å². The minimum atomic E-state index is 0.301. The maximum absolute atomic E-state index is 12.3. The van der Waals surface area contributed by atoms with Gasteiger partial charge >= 0.3 is 0 Å². The van der Waals surface area contributed by atoms with Crippen LogP contribution in [-0.4, -0.2) is 28.9 Å². The molecule has 134 valence electrons. The van der Waals surface area contributed by atoms with Crippen molar-refractivity contribution in [1.29, 1.82) is 0 Å². The fraction of sp³-hybridized carbons (Fsp3) is 0.333. The van der Waals surface area contributed by atoms with Gasteiger partial charge in [-0.05, 0) is 47.9 Å². The van der Waals surface area contributed by atoms with Gasteiger partial charge in [0.2, 0.25) is 5.91 Å². The Kier molecular flexibility index (Phi) is 5.46. The van der Waals surface area contributed by atoms with Crippen LogP contribution in [0.3, 0.4) is 0 Å². The molecule has 0 spiro atoms. The summed E-state index contributed by atoms with van der Waals surface area (Å²) < 4.78 is 0. The Hall–Kier alpha value is -1.98. The number of carbonyl (C=O) groups excluding carboxylic acids is 1. The Bertz CT molecular complexity index is 856. The van der Waals surface area contributed by atoms with Gasteiger partial charge in [-0.1, -0.05) is 18.6 Å². The fourth-order valence-electron chi connectivity index (χ4n) is 3.43. The molecule has 0 aromatic carbocycles. The van der Waals surface area contributed by atoms with Crippen molar-refractivity contribution in [3.8, 4) is 21.0 Å². The summed E-state index contributed by atoms with van der Waals surface area (Å²) >= 11 is 3.45. The Labute approximate surface area is 162 Å². The lowest BCUT2D eigenvalue weighted by atomic mass is 10.1. The van der Waals surface area contributed by atoms with Crippen LogP contribution in [0.2, 0.25) is 0 Å². The van der Waals surface area contributed by atoms with E-state index in [9.17, 15) is 4.79 Å². The topological polar surface area (TPSA) is 33.2 Å². The highest BCUT2D eigenvalue weighted by Gasteiger charge is 2.18. The highest BCUT2D eigenvalue weighted by Crippen LogP contribution is 2.31. The lowest BCUT2D eigenvalue weighted by molar-refractivity contribution is -0.130. The van der Waals surface area contributed by atoms with Crippen molar-refractivity contribution >= 4 is 28.6 Å². The zero-order valence-corrected chi connectivity index (χ0v) is 16.3. The molecule has 1 saturated heterocycles. The Morgan fingerprint density at radius 2 is 1.77 bits per heavy atom. The molecular formula is C21H22N2OS2. The van der Waals surface area contributed by atoms with Crippen LogP contribution in [0.15, 0.2) is 47.2 Å². The Morgan fingerprint density at radius 3 is 2.54 bits per heavy atom. The first-order valence-corrected chi connectivity index (χ1v) is 10.9. The van der Waals surface area contributed by atoms with Crippen molar-refractivity contribution < 1.29 is 4.79 Å². The molecule has 4 rings (SSSR count). The van der Waals surface area contributed by atoms with Gasteiger partial charge in [-0.25, -0.2) is 0 Å². The summed E-state index contributed by atoms with van der Waals surface area (Å²) in [5, 5.41) is 4.18. The molecule has 0 unspecified atom stereocenters. The third kappa shape index (κ3) is 3.89. The van der Waals surface area contributed by atoms with Gasteiger partial charge in [-0.3, -0.25) is 9.78 Å². The Morgan fingerprint density at radius 1 is 0.962 bits per heavy atom. The van der Waals surface area contributed by atoms with E-state index in [1.54, 1.807) is 22.7 Å². The molecule has 1 amide bonds. The van der Waals surface area contributed by atoms with E-state index in [0.29, 0.717) is 12.3 Å². The average molecular weight is 383 g/mol. The van der Waals surface area contributed by atoms with Crippen molar-refractivity contribution in [2.75, 3.05) is 13.1 Å². The monoisotopic (exact) mass is 382 g/mol. The van der Waals surface area contributed by atoms with Crippen molar-refractivity contribution in [1.82, 2.24) is 9.88 Å². The van der Waals surface area contributed by atoms with E-state index in [0.717, 1.165) is 50.2 Å². The van der Waals surface area contributed by atoms with Gasteiger partial charge < -0.3 is 4.90 Å². The van der Waals surface area contributed by atoms with E-state index in [4.69, 9.17) is 4.98 Å². The second-order valence-electron chi connectivity index (χ2n) is 6.59. The highest BCUT2D eigenvalue weighted by molar-refractivity contribution is 7.13. The highest BCUT2D eigenvalue weighted by atomic mass is 32.1. The molecule has 5 heteroatoms. The van der Waals surface area contributed by atoms with Gasteiger partial charge in [0.05, 0.1) is 16.3 Å². The molecule has 0 radical (unpaired) electrons. The minimum absolute atomic E-state index is 0.301. The van der Waals surface area contributed by atoms with E-state index in [1.165, 1.54) is 15.3 Å². The number of thiophene rings is 2. The molecule has 3 aromatic heterocycles. The number of rotatable bonds is 5. The summed E-state index contributed by atoms with van der Waals surface area (Å²) in [5.74, 6) is 0.301. The Balaban J connectivity index is 1.61. The summed E-state index contributed by atoms with van der Waals surface area (Å²) in [6, 6.07) is 12.7. The molecule has 3 aromatic rings. The first-order valence-electron chi connectivity index (χ1n) is 9.17. The van der Waals surface area contributed by atoms with Gasteiger partial charge in [0, 0.05) is 36.4 Å². The summed E-state index contributed by atoms with van der Waals surface area (Å²) in [6.45, 7) is 1.65. The largest absolute Gasteiger partial charge is 0.342 e. The quantitative estimate of drug-likeness (QED) is 0.585. The van der Waals surface area contributed by atoms with Gasteiger partial charge in [0.15, 0.2) is 0 Å². The number of amides is 1. The van der Waals surface area contributed by atoms with Crippen LogP contribution < -0.4 is 0 Å². The zero-order valence-electron chi connectivity index (χ0n) is 14.7. The number of likely N-dealkylation sites (tertiary alicyclic amines) is 1. The van der Waals surface area contributed by atoms with Crippen molar-refractivity contribution in [2.45, 2.75) is 32.1 Å². The predicted octanol–water partition coefficient (Wildman–Crippen LogP) is 5.48. The summed E-state index contributed by atoms with van der Waals surface area (Å²) in [7, 11) is 0. The molecule has 26 heavy (non-hydrogen) atoms. The smallest absolute Gasteiger partial charge is 0.222 e. The molecular weight excluding hydrogens is 360 g/mol. The molecule has 1 aliphatic rings. The lowest BCUT2D eigenvalue weighted by Crippen LogP contribution is -2.32. The van der Waals surface area contributed by atoms with E-state index in [1.807, 2.05) is 4.90 Å². The lowest BCUT2D eigenvalue weighted by Gasteiger charge is -2.21. The normalized spacial score (nSPS) is 15.2. The molecule has 0 bridgehead atoms. The van der Waals surface area contributed by atoms with Crippen molar-refractivity contribution in [2.24, 2.45) is 0 Å². The number of pyridine rings is 1. The van der Waals surface area contributed by atoms with Gasteiger partial charge in [0.1, 0.15) is 0 Å². The summed E-state index contributed by atoms with van der Waals surface area (Å²) in [4.78, 5) is 21.8. The predicted molar refractivity (Wildman–Crippen MR) is 110 cm³/mol. The maximum Gasteiger partial charge on any atom is 0.222 e. The maximum atomic E-state index is 12.3. The molecule has 0 atom stereocenters. The molecule has 0 aliphatic carbocycles. The molecule has 3 nitrogen and oxygen atoms in total. The molecule has 0 saturated carbocycles. The summed E-state index contributed by atoms with van der Waals surface area (Å²) in [6.07, 6.45) is 4.81. The van der Waals surface area contributed by atoms with Crippen LogP contribution in [0.1, 0.15) is 31.4 Å². The fourth-order valence-corrected chi connectivity index (χ4v) is 4.89. The molecule has 1 fully saturated rings. The molecule has 1 aliphatic heterocycles. The van der Waals surface area contributed by atoms with E-state index >= 15 is 0 Å². The van der Waals surface area contributed by atoms with Crippen molar-refractivity contribution in [3.05, 3.63) is 52.9 Å². The van der Waals surface area contributed by atoms with Gasteiger partial charge in [0.25, 0.3) is 0 Å². The van der Waals surface area contributed by atoms with Crippen LogP contribution in [0.5, 0.6) is 0 Å². The minimum Gasteiger partial charge on any atom is -0.342 e. The SMILES string of the molecule is O=C1CCCCCN1CCc1nc(-c2cccs2)ccc1-c1cccs1. The third-order valence-corrected chi connectivity index (χ3v) is 6.62. The second-order valence-corrected chi connectivity index (χ2v) is 8.48. The second kappa shape index (κ2) is 8.14. The average Bonchev–Trinajstić information content (AvgIpc) is 3.34. The van der Waals surface area contributed by atoms with E-state index < -0.39 is 0 Å². The van der Waals surface area contributed by atoms with Crippen LogP contribution >= 0.6 is 22.7 Å². The van der Waals surface area contributed by atoms with Gasteiger partial charge in [-0.15, -0.1) is 22.7 Å². The third-order valence-electron chi connectivity index (χ3n) is 4.82.